The number of piperidine rings is 1. The van der Waals surface area contributed by atoms with Gasteiger partial charge in [0.15, 0.2) is 23.4 Å². The molecule has 0 radical (unpaired) electrons. The van der Waals surface area contributed by atoms with Crippen LogP contribution in [0.1, 0.15) is 17.5 Å². The maximum Gasteiger partial charge on any atom is 0.196 e. The van der Waals surface area contributed by atoms with Crippen LogP contribution in [0.25, 0.3) is 0 Å². The van der Waals surface area contributed by atoms with Crippen LogP contribution < -0.4 is 9.47 Å². The normalized spacial score (nSPS) is 38.2. The van der Waals surface area contributed by atoms with E-state index in [9.17, 15) is 9.90 Å². The molecule has 128 valence electrons. The summed E-state index contributed by atoms with van der Waals surface area (Å²) in [6, 6.07) is 3.92. The van der Waals surface area contributed by atoms with Gasteiger partial charge in [0, 0.05) is 11.6 Å². The Hall–Kier alpha value is -1.56. The molecule has 1 aromatic carbocycles. The number of ketones is 1. The van der Waals surface area contributed by atoms with E-state index < -0.39 is 17.1 Å². The van der Waals surface area contributed by atoms with Crippen LogP contribution in [0.5, 0.6) is 11.5 Å². The summed E-state index contributed by atoms with van der Waals surface area (Å²) in [7, 11) is 3.65. The Morgan fingerprint density at radius 3 is 2.96 bits per heavy atom. The van der Waals surface area contributed by atoms with Crippen LogP contribution in [0, 0.1) is 0 Å². The van der Waals surface area contributed by atoms with Crippen LogP contribution in [0.2, 0.25) is 0 Å². The number of benzene rings is 1. The Balaban J connectivity index is 0.00000146. The maximum atomic E-state index is 12.6. The molecule has 5 nitrogen and oxygen atoms in total. The van der Waals surface area contributed by atoms with Crippen LogP contribution in [-0.2, 0) is 16.6 Å². The van der Waals surface area contributed by atoms with E-state index in [1.54, 1.807) is 13.2 Å². The molecule has 2 aliphatic heterocycles. The maximum absolute atomic E-state index is 12.6. The number of nitrogens with zero attached hydrogens (tertiary/aromatic N) is 1. The van der Waals surface area contributed by atoms with Crippen molar-refractivity contribution in [2.45, 2.75) is 36.0 Å². The molecule has 1 N–H and O–H groups in total. The Kier molecular flexibility index (Phi) is 3.15. The summed E-state index contributed by atoms with van der Waals surface area (Å²) >= 11 is 0. The van der Waals surface area contributed by atoms with E-state index >= 15 is 0 Å². The first kappa shape index (κ1) is 15.9. The lowest BCUT2D eigenvalue weighted by Crippen LogP contribution is -2.74. The number of aliphatic hydroxyl groups is 1. The zero-order chi connectivity index (χ0) is 16.0. The summed E-state index contributed by atoms with van der Waals surface area (Å²) in [5.74, 6) is 1.22. The number of likely N-dealkylation sites (tertiary alicyclic amines) is 1. The van der Waals surface area contributed by atoms with Gasteiger partial charge in [0.25, 0.3) is 0 Å². The molecule has 6 heteroatoms. The van der Waals surface area contributed by atoms with Crippen LogP contribution in [0.3, 0.4) is 0 Å². The highest BCUT2D eigenvalue weighted by atomic mass is 35.5. The first-order chi connectivity index (χ1) is 11.0. The lowest BCUT2D eigenvalue weighted by molar-refractivity contribution is -0.151. The third-order valence-electron chi connectivity index (χ3n) is 6.34. The second-order valence-corrected chi connectivity index (χ2v) is 7.11. The minimum absolute atomic E-state index is 0. The van der Waals surface area contributed by atoms with Gasteiger partial charge in [-0.25, -0.2) is 0 Å². The van der Waals surface area contributed by atoms with E-state index in [1.165, 1.54) is 6.08 Å². The molecule has 1 unspecified atom stereocenters. The number of rotatable bonds is 1. The number of carbonyl (C=O) groups is 1. The fourth-order valence-corrected chi connectivity index (χ4v) is 5.28. The van der Waals surface area contributed by atoms with Crippen LogP contribution in [0.4, 0.5) is 0 Å². The predicted octanol–water partition coefficient (Wildman–Crippen LogP) is 1.25. The summed E-state index contributed by atoms with van der Waals surface area (Å²) in [6.07, 6.45) is 4.00. The number of methoxy groups -OCH3 is 1. The molecule has 2 bridgehead atoms. The molecule has 1 saturated heterocycles. The smallest absolute Gasteiger partial charge is 0.196 e. The summed E-state index contributed by atoms with van der Waals surface area (Å²) < 4.78 is 11.6. The lowest BCUT2D eigenvalue weighted by atomic mass is 9.51. The molecule has 1 fully saturated rings. The Morgan fingerprint density at radius 1 is 1.42 bits per heavy atom. The van der Waals surface area contributed by atoms with Crippen LogP contribution >= 0.6 is 12.4 Å². The van der Waals surface area contributed by atoms with Gasteiger partial charge in [0.1, 0.15) is 5.60 Å². The highest BCUT2D eigenvalue weighted by molar-refractivity contribution is 5.99. The van der Waals surface area contributed by atoms with Gasteiger partial charge in [-0.2, -0.15) is 0 Å². The molecule has 24 heavy (non-hydrogen) atoms. The average Bonchev–Trinajstić information content (AvgIpc) is 2.90. The van der Waals surface area contributed by atoms with E-state index in [0.29, 0.717) is 17.9 Å². The monoisotopic (exact) mass is 349 g/mol. The molecular formula is C18H20ClNO4. The standard InChI is InChI=1S/C18H19NO4.ClH/c1-19-8-7-17-14-10-3-4-12(22-2)15(14)23-16(17)11(20)5-6-18(17,21)13(19)9-10;/h3-6,13,16,21H,7-9H2,1-2H3;1H/t13-,16+,17+,18?;/m1./s1. The molecule has 5 rings (SSSR count). The Labute approximate surface area is 146 Å². The second-order valence-electron chi connectivity index (χ2n) is 7.11. The van der Waals surface area contributed by atoms with Crippen LogP contribution in [-0.4, -0.2) is 54.2 Å². The van der Waals surface area contributed by atoms with Crippen LogP contribution in [0.15, 0.2) is 24.3 Å². The van der Waals surface area contributed by atoms with Gasteiger partial charge in [-0.05, 0) is 50.2 Å². The van der Waals surface area contributed by atoms with Crippen molar-refractivity contribution in [2.24, 2.45) is 0 Å². The quantitative estimate of drug-likeness (QED) is 0.827. The molecule has 1 aromatic rings. The molecule has 4 atom stereocenters. The highest BCUT2D eigenvalue weighted by Crippen LogP contribution is 2.63. The van der Waals surface area contributed by atoms with E-state index in [-0.39, 0.29) is 24.2 Å². The van der Waals surface area contributed by atoms with Gasteiger partial charge in [-0.1, -0.05) is 6.07 Å². The van der Waals surface area contributed by atoms with Crippen molar-refractivity contribution in [3.8, 4) is 11.5 Å². The zero-order valence-corrected chi connectivity index (χ0v) is 14.4. The lowest BCUT2D eigenvalue weighted by Gasteiger charge is -2.60. The summed E-state index contributed by atoms with van der Waals surface area (Å²) in [6.45, 7) is 0.837. The van der Waals surface area contributed by atoms with Crippen molar-refractivity contribution >= 4 is 18.2 Å². The fraction of sp³-hybridized carbons (Fsp3) is 0.500. The number of hydrogen-bond acceptors (Lipinski definition) is 5. The number of carbonyl (C=O) groups excluding carboxylic acids is 1. The highest BCUT2D eigenvalue weighted by Gasteiger charge is 2.71. The number of likely N-dealkylation sites (N-methyl/N-ethyl adjacent to an activating group) is 1. The van der Waals surface area contributed by atoms with E-state index in [4.69, 9.17) is 9.47 Å². The molecule has 1 spiro atoms. The number of ether oxygens (including phenoxy) is 2. The number of hydrogen-bond donors (Lipinski definition) is 1. The van der Waals surface area contributed by atoms with Gasteiger partial charge in [-0.3, -0.25) is 9.69 Å². The molecule has 0 aromatic heterocycles. The van der Waals surface area contributed by atoms with Crippen molar-refractivity contribution in [2.75, 3.05) is 20.7 Å². The van der Waals surface area contributed by atoms with Gasteiger partial charge < -0.3 is 14.6 Å². The first-order valence-electron chi connectivity index (χ1n) is 8.05. The summed E-state index contributed by atoms with van der Waals surface area (Å²) in [5.41, 5.74) is 0.385. The topological polar surface area (TPSA) is 59.0 Å². The summed E-state index contributed by atoms with van der Waals surface area (Å²) in [4.78, 5) is 14.8. The molecule has 2 heterocycles. The largest absolute Gasteiger partial charge is 0.493 e. The molecule has 2 aliphatic carbocycles. The molecule has 4 aliphatic rings. The third-order valence-corrected chi connectivity index (χ3v) is 6.34. The summed E-state index contributed by atoms with van der Waals surface area (Å²) in [5, 5.41) is 11.7. The predicted molar refractivity (Wildman–Crippen MR) is 90.2 cm³/mol. The van der Waals surface area contributed by atoms with E-state index in [0.717, 1.165) is 24.1 Å². The molecule has 0 saturated carbocycles. The van der Waals surface area contributed by atoms with Gasteiger partial charge in [-0.15, -0.1) is 12.4 Å². The first-order valence-corrected chi connectivity index (χ1v) is 8.05. The zero-order valence-electron chi connectivity index (χ0n) is 13.6. The average molecular weight is 350 g/mol. The van der Waals surface area contributed by atoms with Gasteiger partial charge in [0.05, 0.1) is 12.5 Å². The SMILES string of the molecule is COc1ccc2c3c1O[C@H]1C(=O)C=CC4(O)[C@@H](C2)N(C)CC[C@]314.Cl. The van der Waals surface area contributed by atoms with Crippen molar-refractivity contribution in [3.63, 3.8) is 0 Å². The van der Waals surface area contributed by atoms with Crippen molar-refractivity contribution in [1.29, 1.82) is 0 Å². The third kappa shape index (κ3) is 1.47. The minimum Gasteiger partial charge on any atom is -0.493 e. The van der Waals surface area contributed by atoms with Crippen molar-refractivity contribution < 1.29 is 19.4 Å². The number of halogens is 1. The fourth-order valence-electron chi connectivity index (χ4n) is 5.28. The minimum atomic E-state index is -1.08. The Morgan fingerprint density at radius 2 is 2.21 bits per heavy atom. The van der Waals surface area contributed by atoms with E-state index in [2.05, 4.69) is 11.0 Å². The van der Waals surface area contributed by atoms with Crippen molar-refractivity contribution in [3.05, 3.63) is 35.4 Å². The Bertz CT molecular complexity index is 779. The second kappa shape index (κ2) is 4.75. The van der Waals surface area contributed by atoms with E-state index in [1.807, 2.05) is 13.1 Å². The molecular weight excluding hydrogens is 330 g/mol. The molecule has 0 amide bonds. The van der Waals surface area contributed by atoms with Gasteiger partial charge in [0.2, 0.25) is 0 Å². The van der Waals surface area contributed by atoms with Crippen molar-refractivity contribution in [1.82, 2.24) is 4.90 Å². The van der Waals surface area contributed by atoms with Gasteiger partial charge >= 0.3 is 0 Å².